The maximum Gasteiger partial charge on any atom is 0.248 e. The Labute approximate surface area is 111 Å². The average Bonchev–Trinajstić information content (AvgIpc) is 2.46. The van der Waals surface area contributed by atoms with Crippen LogP contribution in [0.3, 0.4) is 0 Å². The molecule has 98 valence electrons. The Kier molecular flexibility index (Phi) is 4.15. The van der Waals surface area contributed by atoms with Crippen molar-refractivity contribution in [2.45, 2.75) is 13.2 Å². The van der Waals surface area contributed by atoms with Crippen LogP contribution in [0.2, 0.25) is 0 Å². The lowest BCUT2D eigenvalue weighted by Gasteiger charge is -2.07. The molecule has 0 unspecified atom stereocenters. The van der Waals surface area contributed by atoms with Gasteiger partial charge < -0.3 is 15.6 Å². The summed E-state index contributed by atoms with van der Waals surface area (Å²) in [5.41, 5.74) is 7.49. The molecule has 0 aliphatic rings. The molecule has 3 N–H and O–H groups in total. The van der Waals surface area contributed by atoms with E-state index in [1.807, 2.05) is 24.3 Å². The van der Waals surface area contributed by atoms with E-state index in [0.29, 0.717) is 17.9 Å². The standard InChI is InChI=1S/C15H15NO3/c16-15(18)13-5-7-14(8-6-13)19-10-12-3-1-11(9-17)2-4-12/h1-8,17H,9-10H2,(H2,16,18). The third kappa shape index (κ3) is 3.56. The van der Waals surface area contributed by atoms with Gasteiger partial charge in [-0.15, -0.1) is 0 Å². The zero-order chi connectivity index (χ0) is 13.7. The maximum absolute atomic E-state index is 10.9. The van der Waals surface area contributed by atoms with Gasteiger partial charge >= 0.3 is 0 Å². The van der Waals surface area contributed by atoms with Gasteiger partial charge in [0.05, 0.1) is 6.61 Å². The number of rotatable bonds is 5. The van der Waals surface area contributed by atoms with Crippen molar-refractivity contribution >= 4 is 5.91 Å². The molecule has 1 amide bonds. The van der Waals surface area contributed by atoms with Crippen LogP contribution in [0.15, 0.2) is 48.5 Å². The lowest BCUT2D eigenvalue weighted by molar-refractivity contribution is 0.1000. The summed E-state index contributed by atoms with van der Waals surface area (Å²) in [7, 11) is 0. The van der Waals surface area contributed by atoms with Gasteiger partial charge in [0.1, 0.15) is 12.4 Å². The zero-order valence-electron chi connectivity index (χ0n) is 10.4. The van der Waals surface area contributed by atoms with Crippen LogP contribution in [0.4, 0.5) is 0 Å². The quantitative estimate of drug-likeness (QED) is 0.858. The van der Waals surface area contributed by atoms with Crippen molar-refractivity contribution < 1.29 is 14.6 Å². The summed E-state index contributed by atoms with van der Waals surface area (Å²) >= 11 is 0. The number of benzene rings is 2. The van der Waals surface area contributed by atoms with E-state index in [1.54, 1.807) is 24.3 Å². The first-order chi connectivity index (χ1) is 9.19. The molecule has 0 saturated heterocycles. The Bertz CT molecular complexity index is 547. The summed E-state index contributed by atoms with van der Waals surface area (Å²) in [5, 5.41) is 8.94. The van der Waals surface area contributed by atoms with Gasteiger partial charge in [0.15, 0.2) is 0 Å². The number of nitrogens with two attached hydrogens (primary N) is 1. The predicted molar refractivity (Wildman–Crippen MR) is 71.7 cm³/mol. The van der Waals surface area contributed by atoms with Crippen LogP contribution >= 0.6 is 0 Å². The normalized spacial score (nSPS) is 10.2. The molecule has 0 aromatic heterocycles. The van der Waals surface area contributed by atoms with Crippen molar-refractivity contribution in [2.24, 2.45) is 5.73 Å². The highest BCUT2D eigenvalue weighted by Gasteiger charge is 2.01. The number of carbonyl (C=O) groups excluding carboxylic acids is 1. The summed E-state index contributed by atoms with van der Waals surface area (Å²) in [5.74, 6) is 0.224. The molecular weight excluding hydrogens is 242 g/mol. The predicted octanol–water partition coefficient (Wildman–Crippen LogP) is 1.86. The molecule has 0 aliphatic heterocycles. The second kappa shape index (κ2) is 6.02. The van der Waals surface area contributed by atoms with Crippen molar-refractivity contribution in [1.82, 2.24) is 0 Å². The van der Waals surface area contributed by atoms with Gasteiger partial charge in [-0.05, 0) is 35.4 Å². The number of ether oxygens (including phenoxy) is 1. The van der Waals surface area contributed by atoms with Gasteiger partial charge in [0.2, 0.25) is 5.91 Å². The molecule has 0 heterocycles. The number of hydrogen-bond acceptors (Lipinski definition) is 3. The molecule has 19 heavy (non-hydrogen) atoms. The molecule has 0 fully saturated rings. The fourth-order valence-corrected chi connectivity index (χ4v) is 1.62. The zero-order valence-corrected chi connectivity index (χ0v) is 10.4. The van der Waals surface area contributed by atoms with E-state index >= 15 is 0 Å². The third-order valence-corrected chi connectivity index (χ3v) is 2.75. The van der Waals surface area contributed by atoms with Crippen molar-refractivity contribution in [2.75, 3.05) is 0 Å². The van der Waals surface area contributed by atoms with Crippen LogP contribution in [0, 0.1) is 0 Å². The smallest absolute Gasteiger partial charge is 0.248 e. The van der Waals surface area contributed by atoms with Gasteiger partial charge in [-0.1, -0.05) is 24.3 Å². The molecule has 0 spiro atoms. The fourth-order valence-electron chi connectivity index (χ4n) is 1.62. The Morgan fingerprint density at radius 2 is 1.58 bits per heavy atom. The number of aliphatic hydroxyl groups excluding tert-OH is 1. The Balaban J connectivity index is 1.95. The third-order valence-electron chi connectivity index (χ3n) is 2.75. The van der Waals surface area contributed by atoms with E-state index in [9.17, 15) is 4.79 Å². The molecule has 4 nitrogen and oxygen atoms in total. The largest absolute Gasteiger partial charge is 0.489 e. The number of aliphatic hydroxyl groups is 1. The lowest BCUT2D eigenvalue weighted by Crippen LogP contribution is -2.10. The molecule has 2 aromatic rings. The summed E-state index contributed by atoms with van der Waals surface area (Å²) in [6.07, 6.45) is 0. The molecule has 2 rings (SSSR count). The van der Waals surface area contributed by atoms with Gasteiger partial charge in [-0.25, -0.2) is 0 Å². The maximum atomic E-state index is 10.9. The highest BCUT2D eigenvalue weighted by Crippen LogP contribution is 2.14. The molecule has 0 bridgehead atoms. The molecule has 0 saturated carbocycles. The number of hydrogen-bond donors (Lipinski definition) is 2. The molecule has 2 aromatic carbocycles. The Hall–Kier alpha value is -2.33. The second-order valence-electron chi connectivity index (χ2n) is 4.15. The van der Waals surface area contributed by atoms with Gasteiger partial charge in [0.25, 0.3) is 0 Å². The minimum absolute atomic E-state index is 0.0374. The average molecular weight is 257 g/mol. The summed E-state index contributed by atoms with van der Waals surface area (Å²) in [6, 6.07) is 14.2. The van der Waals surface area contributed by atoms with Crippen molar-refractivity contribution in [3.63, 3.8) is 0 Å². The van der Waals surface area contributed by atoms with E-state index in [4.69, 9.17) is 15.6 Å². The molecule has 4 heteroatoms. The first-order valence-electron chi connectivity index (χ1n) is 5.90. The van der Waals surface area contributed by atoms with Crippen molar-refractivity contribution in [3.8, 4) is 5.75 Å². The van der Waals surface area contributed by atoms with E-state index in [1.165, 1.54) is 0 Å². The van der Waals surface area contributed by atoms with Crippen LogP contribution < -0.4 is 10.5 Å². The van der Waals surface area contributed by atoms with E-state index in [-0.39, 0.29) is 6.61 Å². The Morgan fingerprint density at radius 3 is 2.11 bits per heavy atom. The van der Waals surface area contributed by atoms with Crippen LogP contribution in [0.5, 0.6) is 5.75 Å². The monoisotopic (exact) mass is 257 g/mol. The van der Waals surface area contributed by atoms with Crippen LogP contribution in [0.25, 0.3) is 0 Å². The highest BCUT2D eigenvalue weighted by atomic mass is 16.5. The first kappa shape index (κ1) is 13.1. The minimum atomic E-state index is -0.453. The van der Waals surface area contributed by atoms with E-state index in [0.717, 1.165) is 11.1 Å². The lowest BCUT2D eigenvalue weighted by atomic mass is 10.1. The van der Waals surface area contributed by atoms with E-state index in [2.05, 4.69) is 0 Å². The van der Waals surface area contributed by atoms with Crippen LogP contribution in [-0.4, -0.2) is 11.0 Å². The highest BCUT2D eigenvalue weighted by molar-refractivity contribution is 5.92. The van der Waals surface area contributed by atoms with Crippen molar-refractivity contribution in [3.05, 3.63) is 65.2 Å². The molecule has 0 aliphatic carbocycles. The summed E-state index contributed by atoms with van der Waals surface area (Å²) in [6.45, 7) is 0.470. The number of carbonyl (C=O) groups is 1. The molecular formula is C15H15NO3. The SMILES string of the molecule is NC(=O)c1ccc(OCc2ccc(CO)cc2)cc1. The number of amides is 1. The molecule has 0 atom stereocenters. The van der Waals surface area contributed by atoms with Gasteiger partial charge in [0, 0.05) is 5.56 Å². The van der Waals surface area contributed by atoms with Crippen LogP contribution in [0.1, 0.15) is 21.5 Å². The van der Waals surface area contributed by atoms with Crippen LogP contribution in [-0.2, 0) is 13.2 Å². The first-order valence-corrected chi connectivity index (χ1v) is 5.90. The number of primary amides is 1. The summed E-state index contributed by atoms with van der Waals surface area (Å²) < 4.78 is 5.59. The van der Waals surface area contributed by atoms with Gasteiger partial charge in [-0.3, -0.25) is 4.79 Å². The second-order valence-corrected chi connectivity index (χ2v) is 4.15. The van der Waals surface area contributed by atoms with E-state index < -0.39 is 5.91 Å². The van der Waals surface area contributed by atoms with Gasteiger partial charge in [-0.2, -0.15) is 0 Å². The summed E-state index contributed by atoms with van der Waals surface area (Å²) in [4.78, 5) is 10.9. The fraction of sp³-hybridized carbons (Fsp3) is 0.133. The van der Waals surface area contributed by atoms with Crippen molar-refractivity contribution in [1.29, 1.82) is 0 Å². The minimum Gasteiger partial charge on any atom is -0.489 e. The topological polar surface area (TPSA) is 72.6 Å². The molecule has 0 radical (unpaired) electrons. The Morgan fingerprint density at radius 1 is 1.00 bits per heavy atom.